The van der Waals surface area contributed by atoms with Gasteiger partial charge in [-0.2, -0.15) is 5.10 Å². The van der Waals surface area contributed by atoms with Crippen molar-refractivity contribution in [2.24, 2.45) is 12.0 Å². The van der Waals surface area contributed by atoms with Gasteiger partial charge in [-0.15, -0.1) is 0 Å². The number of nitrogens with zero attached hydrogens (tertiary/aromatic N) is 3. The molecule has 0 aromatic carbocycles. The summed E-state index contributed by atoms with van der Waals surface area (Å²) in [4.78, 5) is 3.89. The predicted molar refractivity (Wildman–Crippen MR) is 49.7 cm³/mol. The van der Waals surface area contributed by atoms with E-state index in [0.29, 0.717) is 17.1 Å². The van der Waals surface area contributed by atoms with Crippen molar-refractivity contribution in [2.75, 3.05) is 0 Å². The molecule has 4 nitrogen and oxygen atoms in total. The van der Waals surface area contributed by atoms with Gasteiger partial charge in [-0.3, -0.25) is 4.68 Å². The third-order valence-electron chi connectivity index (χ3n) is 1.48. The van der Waals surface area contributed by atoms with Gasteiger partial charge in [-0.25, -0.2) is 4.99 Å². The van der Waals surface area contributed by atoms with Gasteiger partial charge in [0.1, 0.15) is 0 Å². The third-order valence-corrected chi connectivity index (χ3v) is 1.58. The summed E-state index contributed by atoms with van der Waals surface area (Å²) in [6.07, 6.45) is 1.60. The molecule has 1 N–H and O–H groups in total. The van der Waals surface area contributed by atoms with E-state index in [2.05, 4.69) is 10.1 Å². The van der Waals surface area contributed by atoms with Crippen molar-refractivity contribution >= 4 is 28.8 Å². The van der Waals surface area contributed by atoms with Crippen molar-refractivity contribution in [3.63, 3.8) is 0 Å². The van der Waals surface area contributed by atoms with Gasteiger partial charge in [0, 0.05) is 12.8 Å². The highest BCUT2D eigenvalue weighted by atomic mass is 35.5. The maximum atomic E-state index is 7.40. The SMILES string of the molecule is CC(=N)c1cnn(C)c1/N=C/Cl. The van der Waals surface area contributed by atoms with Crippen molar-refractivity contribution in [2.45, 2.75) is 6.92 Å². The summed E-state index contributed by atoms with van der Waals surface area (Å²) < 4.78 is 1.58. The van der Waals surface area contributed by atoms with Crippen LogP contribution in [-0.2, 0) is 7.05 Å². The summed E-state index contributed by atoms with van der Waals surface area (Å²) in [5.74, 6) is 0.609. The van der Waals surface area contributed by atoms with E-state index in [1.54, 1.807) is 24.9 Å². The highest BCUT2D eigenvalue weighted by Crippen LogP contribution is 2.17. The lowest BCUT2D eigenvalue weighted by Crippen LogP contribution is -1.92. The number of rotatable bonds is 2. The van der Waals surface area contributed by atoms with Crippen molar-refractivity contribution in [1.82, 2.24) is 9.78 Å². The zero-order valence-electron chi connectivity index (χ0n) is 6.87. The molecule has 5 heteroatoms. The van der Waals surface area contributed by atoms with Crippen LogP contribution in [0.25, 0.3) is 0 Å². The first-order valence-corrected chi connectivity index (χ1v) is 3.80. The third kappa shape index (κ3) is 1.53. The van der Waals surface area contributed by atoms with Crippen LogP contribution in [0.15, 0.2) is 11.2 Å². The van der Waals surface area contributed by atoms with Crippen LogP contribution in [0, 0.1) is 5.41 Å². The summed E-state index contributed by atoms with van der Waals surface area (Å²) in [6.45, 7) is 1.68. The fraction of sp³-hybridized carbons (Fsp3) is 0.286. The highest BCUT2D eigenvalue weighted by Gasteiger charge is 2.07. The minimum atomic E-state index is 0.431. The molecule has 0 aliphatic heterocycles. The number of halogens is 1. The fourth-order valence-corrected chi connectivity index (χ4v) is 0.987. The number of hydrogen-bond acceptors (Lipinski definition) is 3. The molecule has 0 saturated heterocycles. The van der Waals surface area contributed by atoms with Gasteiger partial charge in [0.15, 0.2) is 5.82 Å². The van der Waals surface area contributed by atoms with E-state index in [9.17, 15) is 0 Å². The van der Waals surface area contributed by atoms with Crippen LogP contribution in [0.4, 0.5) is 5.82 Å². The molecule has 0 spiro atoms. The normalized spacial score (nSPS) is 10.9. The summed E-state index contributed by atoms with van der Waals surface area (Å²) >= 11 is 5.34. The molecule has 1 rings (SSSR count). The van der Waals surface area contributed by atoms with E-state index in [1.807, 2.05) is 0 Å². The first kappa shape index (κ1) is 8.93. The summed E-state index contributed by atoms with van der Waals surface area (Å²) in [5.41, 5.74) is 2.30. The first-order valence-electron chi connectivity index (χ1n) is 3.37. The number of aromatic nitrogens is 2. The zero-order valence-corrected chi connectivity index (χ0v) is 7.63. The highest BCUT2D eigenvalue weighted by molar-refractivity contribution is 6.56. The molecule has 0 bridgehead atoms. The Bertz CT molecular complexity index is 326. The summed E-state index contributed by atoms with van der Waals surface area (Å²) in [5, 5.41) is 11.4. The Morgan fingerprint density at radius 3 is 3.00 bits per heavy atom. The molecule has 1 aromatic heterocycles. The lowest BCUT2D eigenvalue weighted by Gasteiger charge is -1.96. The Morgan fingerprint density at radius 1 is 1.83 bits per heavy atom. The van der Waals surface area contributed by atoms with Crippen LogP contribution in [0.2, 0.25) is 0 Å². The van der Waals surface area contributed by atoms with Gasteiger partial charge >= 0.3 is 0 Å². The van der Waals surface area contributed by atoms with Gasteiger partial charge in [-0.1, -0.05) is 11.6 Å². The molecule has 64 valence electrons. The van der Waals surface area contributed by atoms with Crippen LogP contribution >= 0.6 is 11.6 Å². The van der Waals surface area contributed by atoms with Crippen LogP contribution < -0.4 is 0 Å². The Balaban J connectivity index is 3.21. The number of hydrogen-bond donors (Lipinski definition) is 1. The molecular formula is C7H9ClN4. The van der Waals surface area contributed by atoms with Crippen molar-refractivity contribution in [3.05, 3.63) is 11.8 Å². The van der Waals surface area contributed by atoms with Gasteiger partial charge in [0.25, 0.3) is 0 Å². The minimum Gasteiger partial charge on any atom is -0.305 e. The molecule has 0 aliphatic carbocycles. The van der Waals surface area contributed by atoms with Crippen LogP contribution in [0.3, 0.4) is 0 Å². The van der Waals surface area contributed by atoms with E-state index < -0.39 is 0 Å². The average molecular weight is 185 g/mol. The standard InChI is InChI=1S/C7H9ClN4/c1-5(9)6-3-11-12(2)7(6)10-4-8/h3-4,9H,1-2H3/b9-5?,10-4+. The summed E-state index contributed by atoms with van der Waals surface area (Å²) in [6, 6.07) is 0. The molecule has 0 atom stereocenters. The Kier molecular flexibility index (Phi) is 2.60. The second-order valence-electron chi connectivity index (χ2n) is 2.36. The molecule has 0 amide bonds. The zero-order chi connectivity index (χ0) is 9.14. The molecule has 0 aliphatic rings. The first-order chi connectivity index (χ1) is 5.66. The lowest BCUT2D eigenvalue weighted by atomic mass is 10.2. The number of nitrogens with one attached hydrogen (secondary N) is 1. The minimum absolute atomic E-state index is 0.431. The smallest absolute Gasteiger partial charge is 0.160 e. The quantitative estimate of drug-likeness (QED) is 0.699. The average Bonchev–Trinajstić information content (AvgIpc) is 2.34. The van der Waals surface area contributed by atoms with Gasteiger partial charge in [-0.05, 0) is 6.92 Å². The molecule has 0 radical (unpaired) electrons. The molecule has 12 heavy (non-hydrogen) atoms. The van der Waals surface area contributed by atoms with E-state index in [0.717, 1.165) is 0 Å². The molecule has 0 saturated carbocycles. The number of aliphatic imine (C=N–C) groups is 1. The topological polar surface area (TPSA) is 54.0 Å². The largest absolute Gasteiger partial charge is 0.305 e. The van der Waals surface area contributed by atoms with Crippen molar-refractivity contribution in [3.8, 4) is 0 Å². The molecule has 1 aromatic rings. The van der Waals surface area contributed by atoms with Crippen LogP contribution in [-0.4, -0.2) is 21.2 Å². The number of aryl methyl sites for hydroxylation is 1. The van der Waals surface area contributed by atoms with E-state index in [-0.39, 0.29) is 0 Å². The van der Waals surface area contributed by atoms with Gasteiger partial charge in [0.05, 0.1) is 17.4 Å². The Labute approximate surface area is 75.4 Å². The van der Waals surface area contributed by atoms with Crippen molar-refractivity contribution in [1.29, 1.82) is 5.41 Å². The van der Waals surface area contributed by atoms with E-state index in [4.69, 9.17) is 17.0 Å². The monoisotopic (exact) mass is 184 g/mol. The van der Waals surface area contributed by atoms with E-state index in [1.165, 1.54) is 5.67 Å². The second kappa shape index (κ2) is 3.49. The predicted octanol–water partition coefficient (Wildman–Crippen LogP) is 1.71. The molecule has 1 heterocycles. The lowest BCUT2D eigenvalue weighted by molar-refractivity contribution is 0.771. The van der Waals surface area contributed by atoms with Crippen LogP contribution in [0.5, 0.6) is 0 Å². The fourth-order valence-electron chi connectivity index (χ4n) is 0.895. The van der Waals surface area contributed by atoms with Gasteiger partial charge < -0.3 is 5.41 Å². The molecule has 0 unspecified atom stereocenters. The second-order valence-corrected chi connectivity index (χ2v) is 2.55. The molecular weight excluding hydrogens is 176 g/mol. The Hall–Kier alpha value is -1.16. The Morgan fingerprint density at radius 2 is 2.50 bits per heavy atom. The maximum absolute atomic E-state index is 7.40. The molecule has 0 fully saturated rings. The van der Waals surface area contributed by atoms with Gasteiger partial charge in [0.2, 0.25) is 0 Å². The van der Waals surface area contributed by atoms with E-state index >= 15 is 0 Å². The maximum Gasteiger partial charge on any atom is 0.160 e. The summed E-state index contributed by atoms with van der Waals surface area (Å²) in [7, 11) is 1.76. The van der Waals surface area contributed by atoms with Crippen molar-refractivity contribution < 1.29 is 0 Å². The van der Waals surface area contributed by atoms with Crippen LogP contribution in [0.1, 0.15) is 12.5 Å².